The molecule has 0 spiro atoms. The van der Waals surface area contributed by atoms with Gasteiger partial charge in [-0.15, -0.1) is 0 Å². The van der Waals surface area contributed by atoms with Gasteiger partial charge in [-0.1, -0.05) is 24.3 Å². The van der Waals surface area contributed by atoms with Gasteiger partial charge in [0.25, 0.3) is 0 Å². The molecule has 2 heterocycles. The Kier molecular flexibility index (Phi) is 7.39. The van der Waals surface area contributed by atoms with Gasteiger partial charge in [-0.2, -0.15) is 0 Å². The first-order valence-corrected chi connectivity index (χ1v) is 11.4. The summed E-state index contributed by atoms with van der Waals surface area (Å²) in [7, 11) is 0. The van der Waals surface area contributed by atoms with Crippen molar-refractivity contribution in [3.8, 4) is 0 Å². The monoisotopic (exact) mass is 436 g/mol. The predicted octanol–water partition coefficient (Wildman–Crippen LogP) is 2.75. The van der Waals surface area contributed by atoms with Gasteiger partial charge in [-0.3, -0.25) is 9.69 Å². The van der Waals surface area contributed by atoms with Gasteiger partial charge in [0.05, 0.1) is 13.2 Å². The Morgan fingerprint density at radius 3 is 2.19 bits per heavy atom. The number of rotatable bonds is 6. The number of amides is 2. The van der Waals surface area contributed by atoms with E-state index < -0.39 is 0 Å². The Balaban J connectivity index is 1.27. The maximum absolute atomic E-state index is 12.8. The largest absolute Gasteiger partial charge is 0.379 e. The third kappa shape index (κ3) is 5.66. The second-order valence-electron chi connectivity index (χ2n) is 8.39. The number of carbonyl (C=O) groups excluding carboxylic acids is 2. The number of hydrogen-bond donors (Lipinski definition) is 1. The first-order chi connectivity index (χ1) is 15.6. The molecule has 2 amide bonds. The second kappa shape index (κ2) is 10.6. The molecule has 2 aliphatic rings. The van der Waals surface area contributed by atoms with Crippen molar-refractivity contribution < 1.29 is 14.3 Å². The van der Waals surface area contributed by atoms with Crippen molar-refractivity contribution >= 4 is 17.5 Å². The van der Waals surface area contributed by atoms with Gasteiger partial charge >= 0.3 is 6.03 Å². The summed E-state index contributed by atoms with van der Waals surface area (Å²) >= 11 is 0. The van der Waals surface area contributed by atoms with Crippen LogP contribution < -0.4 is 10.2 Å². The smallest absolute Gasteiger partial charge is 0.317 e. The quantitative estimate of drug-likeness (QED) is 0.706. The van der Waals surface area contributed by atoms with E-state index >= 15 is 0 Å². The number of urea groups is 1. The normalized spacial score (nSPS) is 17.3. The molecule has 0 radical (unpaired) electrons. The molecule has 1 N–H and O–H groups in total. The van der Waals surface area contributed by atoms with Crippen molar-refractivity contribution in [2.24, 2.45) is 0 Å². The third-order valence-corrected chi connectivity index (χ3v) is 6.25. The number of benzene rings is 2. The van der Waals surface area contributed by atoms with E-state index in [1.807, 2.05) is 35.2 Å². The molecule has 32 heavy (non-hydrogen) atoms. The van der Waals surface area contributed by atoms with Crippen LogP contribution in [0.3, 0.4) is 0 Å². The van der Waals surface area contributed by atoms with Crippen LogP contribution in [0.1, 0.15) is 28.4 Å². The first kappa shape index (κ1) is 22.3. The van der Waals surface area contributed by atoms with Gasteiger partial charge in [0.1, 0.15) is 0 Å². The van der Waals surface area contributed by atoms with Crippen LogP contribution in [0.15, 0.2) is 48.5 Å². The molecule has 0 unspecified atom stereocenters. The van der Waals surface area contributed by atoms with Crippen molar-refractivity contribution in [2.45, 2.75) is 20.0 Å². The second-order valence-corrected chi connectivity index (χ2v) is 8.39. The van der Waals surface area contributed by atoms with E-state index in [1.54, 1.807) is 6.92 Å². The highest BCUT2D eigenvalue weighted by Gasteiger charge is 2.21. The zero-order valence-corrected chi connectivity index (χ0v) is 18.8. The van der Waals surface area contributed by atoms with Crippen LogP contribution in [-0.4, -0.2) is 74.1 Å². The van der Waals surface area contributed by atoms with Gasteiger partial charge in [-0.25, -0.2) is 4.79 Å². The van der Waals surface area contributed by atoms with Crippen LogP contribution in [0.4, 0.5) is 10.5 Å². The Morgan fingerprint density at radius 2 is 1.53 bits per heavy atom. The number of Topliss-reactive ketones (excluding diaryl/α,β-unsaturated/α-hetero) is 1. The number of nitrogens with zero attached hydrogens (tertiary/aromatic N) is 3. The molecule has 0 bridgehead atoms. The zero-order chi connectivity index (χ0) is 22.3. The molecular weight excluding hydrogens is 404 g/mol. The van der Waals surface area contributed by atoms with Gasteiger partial charge < -0.3 is 19.9 Å². The summed E-state index contributed by atoms with van der Waals surface area (Å²) in [6.07, 6.45) is 0. The molecule has 7 heteroatoms. The average molecular weight is 437 g/mol. The summed E-state index contributed by atoms with van der Waals surface area (Å²) in [5.41, 5.74) is 4.23. The highest BCUT2D eigenvalue weighted by molar-refractivity contribution is 5.94. The number of morpholine rings is 1. The molecule has 2 aliphatic heterocycles. The van der Waals surface area contributed by atoms with Crippen molar-refractivity contribution in [1.82, 2.24) is 15.1 Å². The third-order valence-electron chi connectivity index (χ3n) is 6.25. The lowest BCUT2D eigenvalue weighted by atomic mass is 10.1. The lowest BCUT2D eigenvalue weighted by Gasteiger charge is -2.36. The number of anilines is 1. The van der Waals surface area contributed by atoms with Gasteiger partial charge in [0, 0.05) is 63.6 Å². The van der Waals surface area contributed by atoms with Crippen LogP contribution in [0.25, 0.3) is 0 Å². The average Bonchev–Trinajstić information content (AvgIpc) is 2.84. The number of ether oxygens (including phenoxy) is 1. The van der Waals surface area contributed by atoms with Crippen LogP contribution in [0, 0.1) is 0 Å². The fraction of sp³-hybridized carbons (Fsp3) is 0.440. The molecule has 170 valence electrons. The van der Waals surface area contributed by atoms with Gasteiger partial charge in [-0.05, 0) is 42.3 Å². The molecule has 0 atom stereocenters. The fourth-order valence-electron chi connectivity index (χ4n) is 4.24. The fourth-order valence-corrected chi connectivity index (χ4v) is 4.24. The zero-order valence-electron chi connectivity index (χ0n) is 18.8. The van der Waals surface area contributed by atoms with Crippen LogP contribution in [0.2, 0.25) is 0 Å². The lowest BCUT2D eigenvalue weighted by Crippen LogP contribution is -2.51. The maximum atomic E-state index is 12.8. The Labute approximate surface area is 189 Å². The van der Waals surface area contributed by atoms with Crippen LogP contribution in [0.5, 0.6) is 0 Å². The van der Waals surface area contributed by atoms with E-state index in [-0.39, 0.29) is 11.8 Å². The summed E-state index contributed by atoms with van der Waals surface area (Å²) in [6.45, 7) is 9.37. The van der Waals surface area contributed by atoms with Gasteiger partial charge in [0.15, 0.2) is 5.78 Å². The molecule has 4 rings (SSSR count). The van der Waals surface area contributed by atoms with E-state index in [0.29, 0.717) is 19.6 Å². The minimum Gasteiger partial charge on any atom is -0.379 e. The van der Waals surface area contributed by atoms with Crippen molar-refractivity contribution in [3.63, 3.8) is 0 Å². The number of ketones is 1. The molecule has 0 saturated carbocycles. The van der Waals surface area contributed by atoms with E-state index in [2.05, 4.69) is 33.3 Å². The lowest BCUT2D eigenvalue weighted by molar-refractivity contribution is 0.0340. The van der Waals surface area contributed by atoms with Crippen molar-refractivity contribution in [3.05, 3.63) is 65.2 Å². The molecular formula is C25H32N4O3. The summed E-state index contributed by atoms with van der Waals surface area (Å²) < 4.78 is 5.44. The minimum absolute atomic E-state index is 0.0160. The van der Waals surface area contributed by atoms with Crippen molar-refractivity contribution in [2.75, 3.05) is 57.4 Å². The molecule has 2 fully saturated rings. The standard InChI is InChI=1S/C25H32N4O3/c1-20(30)21-6-8-24(9-7-21)28-10-12-29(13-11-28)25(31)26-18-22-4-2-3-5-23(22)19-27-14-16-32-17-15-27/h2-9H,10-19H2,1H3,(H,26,31). The molecule has 2 saturated heterocycles. The first-order valence-electron chi connectivity index (χ1n) is 11.4. The van der Waals surface area contributed by atoms with E-state index in [9.17, 15) is 9.59 Å². The Morgan fingerprint density at radius 1 is 0.875 bits per heavy atom. The topological polar surface area (TPSA) is 65.1 Å². The predicted molar refractivity (Wildman–Crippen MR) is 125 cm³/mol. The Bertz CT molecular complexity index is 917. The van der Waals surface area contributed by atoms with E-state index in [0.717, 1.165) is 62.8 Å². The Hall–Kier alpha value is -2.90. The van der Waals surface area contributed by atoms with E-state index in [4.69, 9.17) is 4.74 Å². The molecule has 0 aliphatic carbocycles. The van der Waals surface area contributed by atoms with Crippen LogP contribution in [-0.2, 0) is 17.8 Å². The van der Waals surface area contributed by atoms with E-state index in [1.165, 1.54) is 5.56 Å². The SMILES string of the molecule is CC(=O)c1ccc(N2CCN(C(=O)NCc3ccccc3CN3CCOCC3)CC2)cc1. The molecule has 7 nitrogen and oxygen atoms in total. The maximum Gasteiger partial charge on any atom is 0.317 e. The molecule has 2 aromatic rings. The number of carbonyl (C=O) groups is 2. The molecule has 2 aromatic carbocycles. The van der Waals surface area contributed by atoms with Crippen LogP contribution >= 0.6 is 0 Å². The number of piperazine rings is 1. The summed E-state index contributed by atoms with van der Waals surface area (Å²) in [6, 6.07) is 16.0. The number of hydrogen-bond acceptors (Lipinski definition) is 5. The highest BCUT2D eigenvalue weighted by Crippen LogP contribution is 2.18. The summed E-state index contributed by atoms with van der Waals surface area (Å²) in [5.74, 6) is 0.0737. The van der Waals surface area contributed by atoms with Gasteiger partial charge in [0.2, 0.25) is 0 Å². The summed E-state index contributed by atoms with van der Waals surface area (Å²) in [4.78, 5) is 30.8. The van der Waals surface area contributed by atoms with Crippen molar-refractivity contribution in [1.29, 1.82) is 0 Å². The number of nitrogens with one attached hydrogen (secondary N) is 1. The molecule has 0 aromatic heterocycles. The minimum atomic E-state index is -0.0160. The summed E-state index contributed by atoms with van der Waals surface area (Å²) in [5, 5.41) is 3.11. The highest BCUT2D eigenvalue weighted by atomic mass is 16.5.